The number of piperazine rings is 1. The average Bonchev–Trinajstić information content (AvgIpc) is 2.87. The van der Waals surface area contributed by atoms with Crippen LogP contribution in [0.5, 0.6) is 0 Å². The van der Waals surface area contributed by atoms with Gasteiger partial charge in [0.25, 0.3) is 5.91 Å². The van der Waals surface area contributed by atoms with Crippen molar-refractivity contribution in [2.45, 2.75) is 32.9 Å². The van der Waals surface area contributed by atoms with E-state index in [2.05, 4.69) is 10.2 Å². The number of nitrogens with one attached hydrogen (secondary N) is 1. The molecule has 0 aromatic heterocycles. The van der Waals surface area contributed by atoms with Crippen molar-refractivity contribution in [1.82, 2.24) is 20.0 Å². The fourth-order valence-electron chi connectivity index (χ4n) is 4.84. The second kappa shape index (κ2) is 11.0. The molecule has 1 saturated heterocycles. The molecule has 190 valence electrons. The molecule has 2 atom stereocenters. The van der Waals surface area contributed by atoms with Gasteiger partial charge in [-0.25, -0.2) is 9.59 Å². The maximum atomic E-state index is 13.2. The van der Waals surface area contributed by atoms with E-state index in [1.54, 1.807) is 14.0 Å². The normalized spacial score (nSPS) is 20.8. The molecular weight excluding hydrogens is 456 g/mol. The van der Waals surface area contributed by atoms with Crippen LogP contribution in [0.15, 0.2) is 65.9 Å². The number of amides is 3. The molecule has 1 fully saturated rings. The average molecular weight is 491 g/mol. The van der Waals surface area contributed by atoms with Crippen LogP contribution in [-0.2, 0) is 9.53 Å². The number of nitrogens with zero attached hydrogens (tertiary/aromatic N) is 3. The number of esters is 1. The van der Waals surface area contributed by atoms with Crippen LogP contribution < -0.4 is 5.32 Å². The van der Waals surface area contributed by atoms with Gasteiger partial charge in [0.2, 0.25) is 0 Å². The molecule has 1 N–H and O–H groups in total. The summed E-state index contributed by atoms with van der Waals surface area (Å²) < 4.78 is 5.43. The van der Waals surface area contributed by atoms with E-state index in [-0.39, 0.29) is 24.6 Å². The van der Waals surface area contributed by atoms with Crippen LogP contribution in [0, 0.1) is 6.92 Å². The standard InChI is InChI=1S/C28H34N4O4/c1-5-36-27(34)24-23(30(4)28(35)29-25(24)21-13-11-19(2)12-14-21)18-31-15-16-32(20(3)17-31)26(33)22-9-7-6-8-10-22/h6-14,20,25H,5,15-18H2,1-4H3,(H,29,35)/t20-,25-/m0/s1. The largest absolute Gasteiger partial charge is 0.463 e. The molecule has 0 unspecified atom stereocenters. The molecule has 2 heterocycles. The third-order valence-corrected chi connectivity index (χ3v) is 6.85. The van der Waals surface area contributed by atoms with E-state index in [1.165, 1.54) is 4.90 Å². The molecule has 0 aliphatic carbocycles. The van der Waals surface area contributed by atoms with Crippen LogP contribution in [0.2, 0.25) is 0 Å². The Kier molecular flexibility index (Phi) is 7.74. The Balaban J connectivity index is 1.60. The second-order valence-electron chi connectivity index (χ2n) is 9.38. The quantitative estimate of drug-likeness (QED) is 0.628. The van der Waals surface area contributed by atoms with E-state index in [0.29, 0.717) is 43.0 Å². The van der Waals surface area contributed by atoms with Gasteiger partial charge in [-0.3, -0.25) is 14.6 Å². The van der Waals surface area contributed by atoms with Crippen LogP contribution in [0.1, 0.15) is 41.4 Å². The van der Waals surface area contributed by atoms with Gasteiger partial charge in [-0.2, -0.15) is 0 Å². The summed E-state index contributed by atoms with van der Waals surface area (Å²) in [5.41, 5.74) is 3.66. The van der Waals surface area contributed by atoms with Gasteiger partial charge >= 0.3 is 12.0 Å². The molecular formula is C28H34N4O4. The van der Waals surface area contributed by atoms with Gasteiger partial charge < -0.3 is 15.0 Å². The van der Waals surface area contributed by atoms with Crippen molar-refractivity contribution in [2.24, 2.45) is 0 Å². The number of hydrogen-bond donors (Lipinski definition) is 1. The van der Waals surface area contributed by atoms with Gasteiger partial charge in [-0.1, -0.05) is 48.0 Å². The summed E-state index contributed by atoms with van der Waals surface area (Å²) in [7, 11) is 1.67. The third kappa shape index (κ3) is 5.28. The zero-order valence-corrected chi connectivity index (χ0v) is 21.4. The van der Waals surface area contributed by atoms with Crippen LogP contribution >= 0.6 is 0 Å². The first-order chi connectivity index (χ1) is 17.3. The number of urea groups is 1. The molecule has 4 rings (SSSR count). The van der Waals surface area contributed by atoms with Gasteiger partial charge in [0.15, 0.2) is 0 Å². The molecule has 8 heteroatoms. The molecule has 0 radical (unpaired) electrons. The predicted octanol–water partition coefficient (Wildman–Crippen LogP) is 3.35. The van der Waals surface area contributed by atoms with Crippen LogP contribution in [0.3, 0.4) is 0 Å². The minimum atomic E-state index is -0.596. The molecule has 2 aliphatic rings. The maximum absolute atomic E-state index is 13.2. The predicted molar refractivity (Wildman–Crippen MR) is 137 cm³/mol. The van der Waals surface area contributed by atoms with E-state index in [4.69, 9.17) is 4.74 Å². The highest BCUT2D eigenvalue weighted by Gasteiger charge is 2.38. The Morgan fingerprint density at radius 3 is 2.39 bits per heavy atom. The van der Waals surface area contributed by atoms with E-state index in [1.807, 2.05) is 73.3 Å². The van der Waals surface area contributed by atoms with Crippen LogP contribution in [-0.4, -0.2) is 78.5 Å². The van der Waals surface area contributed by atoms with Crippen molar-refractivity contribution in [3.63, 3.8) is 0 Å². The number of carbonyl (C=O) groups excluding carboxylic acids is 3. The molecule has 36 heavy (non-hydrogen) atoms. The number of aryl methyl sites for hydroxylation is 1. The maximum Gasteiger partial charge on any atom is 0.338 e. The first-order valence-corrected chi connectivity index (χ1v) is 12.4. The van der Waals surface area contributed by atoms with Crippen molar-refractivity contribution in [2.75, 3.05) is 39.8 Å². The zero-order valence-electron chi connectivity index (χ0n) is 21.4. The summed E-state index contributed by atoms with van der Waals surface area (Å²) in [6.45, 7) is 8.26. The summed E-state index contributed by atoms with van der Waals surface area (Å²) in [5.74, 6) is -0.418. The minimum absolute atomic E-state index is 0.0165. The Hall–Kier alpha value is -3.65. The third-order valence-electron chi connectivity index (χ3n) is 6.85. The molecule has 0 saturated carbocycles. The number of carbonyl (C=O) groups is 3. The Morgan fingerprint density at radius 2 is 1.75 bits per heavy atom. The Labute approximate surface area is 212 Å². The fourth-order valence-corrected chi connectivity index (χ4v) is 4.84. The second-order valence-corrected chi connectivity index (χ2v) is 9.38. The summed E-state index contributed by atoms with van der Waals surface area (Å²) in [6, 6.07) is 16.2. The van der Waals surface area contributed by atoms with Gasteiger partial charge in [0, 0.05) is 50.5 Å². The summed E-state index contributed by atoms with van der Waals surface area (Å²) >= 11 is 0. The molecule has 2 aromatic carbocycles. The number of benzene rings is 2. The molecule has 8 nitrogen and oxygen atoms in total. The molecule has 0 spiro atoms. The van der Waals surface area contributed by atoms with Crippen LogP contribution in [0.4, 0.5) is 4.79 Å². The molecule has 2 aromatic rings. The monoisotopic (exact) mass is 490 g/mol. The van der Waals surface area contributed by atoms with E-state index < -0.39 is 12.0 Å². The van der Waals surface area contributed by atoms with Crippen molar-refractivity contribution in [3.8, 4) is 0 Å². The zero-order chi connectivity index (χ0) is 25.8. The highest BCUT2D eigenvalue weighted by molar-refractivity contribution is 5.95. The highest BCUT2D eigenvalue weighted by Crippen LogP contribution is 2.32. The smallest absolute Gasteiger partial charge is 0.338 e. The number of ether oxygens (including phenoxy) is 1. The van der Waals surface area contributed by atoms with Crippen molar-refractivity contribution in [1.29, 1.82) is 0 Å². The van der Waals surface area contributed by atoms with E-state index in [9.17, 15) is 14.4 Å². The SMILES string of the molecule is CCOC(=O)C1=C(CN2CCN(C(=O)c3ccccc3)[C@@H](C)C2)N(C)C(=O)N[C@H]1c1ccc(C)cc1. The van der Waals surface area contributed by atoms with Gasteiger partial charge in [0.1, 0.15) is 0 Å². The lowest BCUT2D eigenvalue weighted by molar-refractivity contribution is -0.139. The van der Waals surface area contributed by atoms with Crippen molar-refractivity contribution < 1.29 is 19.1 Å². The Morgan fingerprint density at radius 1 is 1.06 bits per heavy atom. The topological polar surface area (TPSA) is 82.2 Å². The molecule has 2 aliphatic heterocycles. The van der Waals surface area contributed by atoms with Crippen molar-refractivity contribution >= 4 is 17.9 Å². The summed E-state index contributed by atoms with van der Waals surface area (Å²) in [6.07, 6.45) is 0. The molecule has 3 amide bonds. The van der Waals surface area contributed by atoms with Crippen LogP contribution in [0.25, 0.3) is 0 Å². The lowest BCUT2D eigenvalue weighted by Gasteiger charge is -2.42. The van der Waals surface area contributed by atoms with E-state index >= 15 is 0 Å². The highest BCUT2D eigenvalue weighted by atomic mass is 16.5. The first kappa shape index (κ1) is 25.4. The minimum Gasteiger partial charge on any atom is -0.463 e. The van der Waals surface area contributed by atoms with Crippen molar-refractivity contribution in [3.05, 3.63) is 82.6 Å². The summed E-state index contributed by atoms with van der Waals surface area (Å²) in [4.78, 5) is 44.7. The lowest BCUT2D eigenvalue weighted by Crippen LogP contribution is -2.56. The Bertz CT molecular complexity index is 1150. The number of hydrogen-bond acceptors (Lipinski definition) is 5. The number of likely N-dealkylation sites (N-methyl/N-ethyl adjacent to an activating group) is 1. The van der Waals surface area contributed by atoms with Gasteiger partial charge in [-0.15, -0.1) is 0 Å². The number of rotatable bonds is 6. The first-order valence-electron chi connectivity index (χ1n) is 12.4. The molecule has 0 bridgehead atoms. The van der Waals surface area contributed by atoms with E-state index in [0.717, 1.165) is 11.1 Å². The van der Waals surface area contributed by atoms with Gasteiger partial charge in [0.05, 0.1) is 18.2 Å². The lowest BCUT2D eigenvalue weighted by atomic mass is 9.93. The van der Waals surface area contributed by atoms with Gasteiger partial charge in [-0.05, 0) is 38.5 Å². The summed E-state index contributed by atoms with van der Waals surface area (Å²) in [5, 5.41) is 2.96. The fraction of sp³-hybridized carbons (Fsp3) is 0.393.